The second-order valence-electron chi connectivity index (χ2n) is 10.1. The third-order valence-corrected chi connectivity index (χ3v) is 7.26. The maximum absolute atomic E-state index is 12.8. The van der Waals surface area contributed by atoms with Crippen molar-refractivity contribution in [2.75, 3.05) is 11.9 Å². The van der Waals surface area contributed by atoms with Gasteiger partial charge in [-0.25, -0.2) is 9.78 Å². The number of alkyl halides is 3. The number of hydrogen-bond acceptors (Lipinski definition) is 9. The number of benzene rings is 1. The molecule has 15 heteroatoms. The summed E-state index contributed by atoms with van der Waals surface area (Å²) in [5.41, 5.74) is -3.73. The first-order valence-electron chi connectivity index (χ1n) is 12.0. The van der Waals surface area contributed by atoms with Crippen molar-refractivity contribution in [3.63, 3.8) is 0 Å². The number of halogens is 3. The molecule has 4 rings (SSSR count). The molecule has 0 bridgehead atoms. The van der Waals surface area contributed by atoms with Crippen LogP contribution in [-0.2, 0) is 19.2 Å². The summed E-state index contributed by atoms with van der Waals surface area (Å²) in [6, 6.07) is 9.47. The Hall–Kier alpha value is -3.04. The van der Waals surface area contributed by atoms with Crippen molar-refractivity contribution < 1.29 is 35.3 Å². The number of hydrogen-bond donors (Lipinski definition) is 2. The highest BCUT2D eigenvalue weighted by atomic mass is 32.2. The summed E-state index contributed by atoms with van der Waals surface area (Å²) < 4.78 is 75.8. The van der Waals surface area contributed by atoms with Gasteiger partial charge in [-0.05, 0) is 75.9 Å². The van der Waals surface area contributed by atoms with Crippen LogP contribution < -0.4 is 10.0 Å². The zero-order valence-corrected chi connectivity index (χ0v) is 23.0. The number of fused-ring (bicyclic) bond motifs is 1. The molecule has 3 aromatic rings. The highest BCUT2D eigenvalue weighted by Gasteiger charge is 2.30. The van der Waals surface area contributed by atoms with Crippen molar-refractivity contribution in [2.45, 2.75) is 62.1 Å². The summed E-state index contributed by atoms with van der Waals surface area (Å²) in [6.07, 6.45) is 2.53. The van der Waals surface area contributed by atoms with Crippen LogP contribution in [0.4, 0.5) is 23.8 Å². The minimum absolute atomic E-state index is 0.00937. The van der Waals surface area contributed by atoms with Gasteiger partial charge in [-0.1, -0.05) is 12.1 Å². The van der Waals surface area contributed by atoms with E-state index < -0.39 is 27.5 Å². The van der Waals surface area contributed by atoms with E-state index in [0.717, 1.165) is 6.42 Å². The number of amides is 1. The van der Waals surface area contributed by atoms with E-state index >= 15 is 0 Å². The molecule has 1 unspecified atom stereocenters. The summed E-state index contributed by atoms with van der Waals surface area (Å²) in [7, 11) is -4.31. The van der Waals surface area contributed by atoms with Gasteiger partial charge >= 0.3 is 21.9 Å². The van der Waals surface area contributed by atoms with E-state index in [1.54, 1.807) is 60.5 Å². The number of rotatable bonds is 8. The van der Waals surface area contributed by atoms with Crippen LogP contribution in [0.5, 0.6) is 0 Å². The quantitative estimate of drug-likeness (QED) is 0.335. The largest absolute Gasteiger partial charge is 0.446 e. The number of carbonyl (C=O) groups is 1. The zero-order chi connectivity index (χ0) is 28.4. The number of ether oxygens (including phenoxy) is 1. The maximum Gasteiger partial charge on any atom is 0.446 e. The van der Waals surface area contributed by atoms with Crippen molar-refractivity contribution in [3.05, 3.63) is 42.6 Å². The number of carbonyl (C=O) groups excluding carboxylic acids is 1. The Bertz CT molecular complexity index is 1440. The molecule has 10 nitrogen and oxygen atoms in total. The van der Waals surface area contributed by atoms with Gasteiger partial charge in [0.05, 0.1) is 12.3 Å². The average Bonchev–Trinajstić information content (AvgIpc) is 3.43. The van der Waals surface area contributed by atoms with Crippen molar-refractivity contribution in [2.24, 2.45) is 5.92 Å². The molecule has 1 aliphatic rings. The van der Waals surface area contributed by atoms with Gasteiger partial charge in [0, 0.05) is 28.8 Å². The summed E-state index contributed by atoms with van der Waals surface area (Å²) in [5.74, 6) is 0.565. The van der Waals surface area contributed by atoms with Crippen LogP contribution >= 0.6 is 11.8 Å². The van der Waals surface area contributed by atoms with Gasteiger partial charge in [0.1, 0.15) is 11.4 Å². The summed E-state index contributed by atoms with van der Waals surface area (Å²) >= 11 is -0.186. The van der Waals surface area contributed by atoms with Crippen molar-refractivity contribution in [1.82, 2.24) is 19.3 Å². The fourth-order valence-corrected chi connectivity index (χ4v) is 5.46. The third kappa shape index (κ3) is 8.47. The lowest BCUT2D eigenvalue weighted by atomic mass is 10.1. The van der Waals surface area contributed by atoms with Crippen LogP contribution in [0.25, 0.3) is 16.9 Å². The molecule has 1 saturated carbocycles. The fraction of sp³-hybridized carbons (Fsp3) is 0.458. The van der Waals surface area contributed by atoms with E-state index in [0.29, 0.717) is 35.6 Å². The van der Waals surface area contributed by atoms with E-state index in [4.69, 9.17) is 8.92 Å². The molecule has 2 N–H and O–H groups in total. The predicted molar refractivity (Wildman–Crippen MR) is 139 cm³/mol. The first-order valence-corrected chi connectivity index (χ1v) is 14.3. The van der Waals surface area contributed by atoms with Gasteiger partial charge in [0.25, 0.3) is 0 Å². The first-order chi connectivity index (χ1) is 18.2. The van der Waals surface area contributed by atoms with Crippen molar-refractivity contribution in [1.29, 1.82) is 0 Å². The topological polar surface area (TPSA) is 124 Å². The van der Waals surface area contributed by atoms with Crippen LogP contribution in [0.1, 0.15) is 40.0 Å². The van der Waals surface area contributed by atoms with E-state index in [-0.39, 0.29) is 35.2 Å². The molecule has 2 heterocycles. The van der Waals surface area contributed by atoms with Crippen LogP contribution in [-0.4, -0.2) is 52.9 Å². The van der Waals surface area contributed by atoms with Gasteiger partial charge in [0.15, 0.2) is 5.65 Å². The van der Waals surface area contributed by atoms with Crippen LogP contribution in [0.2, 0.25) is 0 Å². The zero-order valence-electron chi connectivity index (χ0n) is 21.4. The van der Waals surface area contributed by atoms with E-state index in [2.05, 4.69) is 15.4 Å². The Morgan fingerprint density at radius 3 is 2.67 bits per heavy atom. The molecule has 2 aromatic heterocycles. The summed E-state index contributed by atoms with van der Waals surface area (Å²) in [5, 5.41) is 7.94. The monoisotopic (exact) mass is 587 g/mol. The second-order valence-corrected chi connectivity index (χ2v) is 12.6. The van der Waals surface area contributed by atoms with Gasteiger partial charge in [-0.3, -0.25) is 4.18 Å². The van der Waals surface area contributed by atoms with Crippen molar-refractivity contribution >= 4 is 39.6 Å². The van der Waals surface area contributed by atoms with Gasteiger partial charge in [-0.2, -0.15) is 35.9 Å². The fourth-order valence-electron chi connectivity index (χ4n) is 4.18. The van der Waals surface area contributed by atoms with E-state index in [1.807, 2.05) is 0 Å². The molecule has 0 radical (unpaired) electrons. The summed E-state index contributed by atoms with van der Waals surface area (Å²) in [4.78, 5) is 16.1. The molecular weight excluding hydrogens is 559 g/mol. The Morgan fingerprint density at radius 1 is 1.18 bits per heavy atom. The molecule has 1 aliphatic carbocycles. The van der Waals surface area contributed by atoms with Crippen LogP contribution in [0.3, 0.4) is 0 Å². The lowest BCUT2D eigenvalue weighted by Crippen LogP contribution is -2.37. The minimum atomic E-state index is -4.39. The molecule has 2 atom stereocenters. The number of anilines is 1. The minimum Gasteiger partial charge on any atom is -0.443 e. The average molecular weight is 588 g/mol. The summed E-state index contributed by atoms with van der Waals surface area (Å²) in [6.45, 7) is 4.74. The normalized spacial score (nSPS) is 18.3. The second kappa shape index (κ2) is 11.2. The highest BCUT2D eigenvalue weighted by molar-refractivity contribution is 8.00. The van der Waals surface area contributed by atoms with Gasteiger partial charge < -0.3 is 10.1 Å². The molecule has 1 amide bonds. The van der Waals surface area contributed by atoms with Crippen LogP contribution in [0, 0.1) is 5.92 Å². The van der Waals surface area contributed by atoms with Gasteiger partial charge in [0.2, 0.25) is 0 Å². The molecule has 212 valence electrons. The Morgan fingerprint density at radius 2 is 1.95 bits per heavy atom. The molecular formula is C24H28F3N5O5S2. The lowest BCUT2D eigenvalue weighted by Gasteiger charge is -2.19. The smallest absolute Gasteiger partial charge is 0.443 e. The van der Waals surface area contributed by atoms with E-state index in [1.165, 1.54) is 12.1 Å². The molecule has 0 aliphatic heterocycles. The Labute approximate surface area is 227 Å². The highest BCUT2D eigenvalue weighted by Crippen LogP contribution is 2.38. The molecule has 0 saturated heterocycles. The molecule has 1 aromatic carbocycles. The van der Waals surface area contributed by atoms with Gasteiger partial charge in [-0.15, -0.1) is 0 Å². The number of nitrogens with zero attached hydrogens (tertiary/aromatic N) is 3. The predicted octanol–water partition coefficient (Wildman–Crippen LogP) is 5.37. The van der Waals surface area contributed by atoms with E-state index in [9.17, 15) is 26.4 Å². The van der Waals surface area contributed by atoms with Crippen molar-refractivity contribution in [3.8, 4) is 11.3 Å². The Balaban J connectivity index is 1.37. The first kappa shape index (κ1) is 29.0. The number of thioether (sulfide) groups is 1. The lowest BCUT2D eigenvalue weighted by molar-refractivity contribution is -0.0328. The standard InChI is InChI=1S/C24H28F3N5O5S2/c1-23(2,3)37-22(33)31-39(34,35)36-14-15-7-8-17(11-15)29-20-9-10-28-21-13-19(30-32(20)21)16-5-4-6-18(12-16)38-24(25,26)27/h4-6,9-10,12-13,15,17,29H,7-8,11,14H2,1-3H3,(H,31,33)/t15?,17-/m0/s1. The molecule has 1 fully saturated rings. The maximum atomic E-state index is 12.8. The SMILES string of the molecule is CC(C)(C)OC(=O)NS(=O)(=O)OCC1CC[C@H](Nc2ccnc3cc(-c4cccc(SC(F)(F)F)c4)nn23)C1. The molecule has 0 spiro atoms. The number of nitrogens with one attached hydrogen (secondary N) is 2. The molecule has 39 heavy (non-hydrogen) atoms. The number of aromatic nitrogens is 3. The Kier molecular flexibility index (Phi) is 8.33. The third-order valence-electron chi connectivity index (χ3n) is 5.68. The van der Waals surface area contributed by atoms with Crippen LogP contribution in [0.15, 0.2) is 47.5 Å².